The van der Waals surface area contributed by atoms with Crippen molar-refractivity contribution in [2.75, 3.05) is 13.6 Å². The Labute approximate surface area is 146 Å². The fourth-order valence-corrected chi connectivity index (χ4v) is 3.39. The fourth-order valence-electron chi connectivity index (χ4n) is 3.28. The van der Waals surface area contributed by atoms with Crippen LogP contribution in [0.1, 0.15) is 17.7 Å². The maximum absolute atomic E-state index is 13.7. The van der Waals surface area contributed by atoms with Gasteiger partial charge in [0.05, 0.1) is 5.02 Å². The van der Waals surface area contributed by atoms with E-state index in [2.05, 4.69) is 27.0 Å². The first kappa shape index (κ1) is 17.0. The first-order valence-corrected chi connectivity index (χ1v) is 8.44. The van der Waals surface area contributed by atoms with Gasteiger partial charge in [-0.25, -0.2) is 4.39 Å². The highest BCUT2D eigenvalue weighted by Gasteiger charge is 2.23. The lowest BCUT2D eigenvalue weighted by molar-refractivity contribution is -0.121. The van der Waals surface area contributed by atoms with Gasteiger partial charge in [-0.05, 0) is 35.7 Å². The number of aromatic nitrogens is 1. The van der Waals surface area contributed by atoms with E-state index < -0.39 is 5.82 Å². The lowest BCUT2D eigenvalue weighted by Crippen LogP contribution is -2.31. The van der Waals surface area contributed by atoms with E-state index in [-0.39, 0.29) is 16.8 Å². The van der Waals surface area contributed by atoms with Crippen LogP contribution in [0.5, 0.6) is 0 Å². The molecule has 2 heterocycles. The molecule has 0 radical (unpaired) electrons. The molecule has 2 aromatic rings. The summed E-state index contributed by atoms with van der Waals surface area (Å²) in [5.41, 5.74) is 2.10. The minimum Gasteiger partial charge on any atom is -0.359 e. The predicted molar refractivity (Wildman–Crippen MR) is 92.1 cm³/mol. The third-order valence-electron chi connectivity index (χ3n) is 4.42. The molecular weight excluding hydrogens is 329 g/mol. The Bertz CT molecular complexity index is 731. The van der Waals surface area contributed by atoms with Crippen LogP contribution in [0.25, 0.3) is 0 Å². The number of halogens is 2. The van der Waals surface area contributed by atoms with Gasteiger partial charge in [0.15, 0.2) is 0 Å². The van der Waals surface area contributed by atoms with Gasteiger partial charge in [0.25, 0.3) is 0 Å². The smallest absolute Gasteiger partial charge is 0.220 e. The molecule has 1 aromatic heterocycles. The molecule has 0 spiro atoms. The lowest BCUT2D eigenvalue weighted by Gasteiger charge is -2.23. The summed E-state index contributed by atoms with van der Waals surface area (Å²) in [6.45, 7) is 3.02. The zero-order valence-electron chi connectivity index (χ0n) is 13.6. The van der Waals surface area contributed by atoms with Crippen molar-refractivity contribution in [3.05, 3.63) is 58.6 Å². The average Bonchev–Trinajstić information content (AvgIpc) is 2.91. The summed E-state index contributed by atoms with van der Waals surface area (Å²) < 4.78 is 15.9. The van der Waals surface area contributed by atoms with E-state index in [1.54, 1.807) is 13.1 Å². The molecule has 0 saturated carbocycles. The fraction of sp³-hybridized carbons (Fsp3) is 0.389. The molecular formula is C18H21ClFN3O. The third-order valence-corrected chi connectivity index (χ3v) is 4.73. The van der Waals surface area contributed by atoms with Gasteiger partial charge in [0, 0.05) is 51.5 Å². The molecule has 1 aromatic carbocycles. The molecule has 1 aliphatic heterocycles. The molecule has 0 saturated heterocycles. The second-order valence-corrected chi connectivity index (χ2v) is 6.72. The third kappa shape index (κ3) is 3.97. The minimum absolute atomic E-state index is 0.0492. The summed E-state index contributed by atoms with van der Waals surface area (Å²) in [7, 11) is 1.66. The molecule has 0 aliphatic carbocycles. The predicted octanol–water partition coefficient (Wildman–Crippen LogP) is 3.05. The Hall–Kier alpha value is -1.85. The Kier molecular flexibility index (Phi) is 5.21. The molecule has 1 amide bonds. The van der Waals surface area contributed by atoms with E-state index in [0.29, 0.717) is 13.0 Å². The molecule has 0 fully saturated rings. The van der Waals surface area contributed by atoms with Gasteiger partial charge >= 0.3 is 0 Å². The van der Waals surface area contributed by atoms with Crippen LogP contribution in [-0.2, 0) is 24.4 Å². The summed E-state index contributed by atoms with van der Waals surface area (Å²) in [6, 6.07) is 9.05. The van der Waals surface area contributed by atoms with E-state index in [1.807, 2.05) is 12.1 Å². The molecule has 6 heteroatoms. The van der Waals surface area contributed by atoms with Crippen LogP contribution in [0.15, 0.2) is 36.5 Å². The van der Waals surface area contributed by atoms with E-state index in [1.165, 1.54) is 11.8 Å². The van der Waals surface area contributed by atoms with Crippen molar-refractivity contribution in [2.45, 2.75) is 26.1 Å². The number of nitrogens with one attached hydrogen (secondary N) is 1. The maximum Gasteiger partial charge on any atom is 0.220 e. The highest BCUT2D eigenvalue weighted by molar-refractivity contribution is 6.30. The zero-order chi connectivity index (χ0) is 17.1. The Balaban J connectivity index is 1.78. The second-order valence-electron chi connectivity index (χ2n) is 6.31. The van der Waals surface area contributed by atoms with E-state index in [4.69, 9.17) is 11.6 Å². The van der Waals surface area contributed by atoms with Crippen molar-refractivity contribution >= 4 is 17.5 Å². The van der Waals surface area contributed by atoms with Gasteiger partial charge in [-0.15, -0.1) is 0 Å². The van der Waals surface area contributed by atoms with Crippen LogP contribution in [0, 0.1) is 11.7 Å². The van der Waals surface area contributed by atoms with Gasteiger partial charge in [-0.3, -0.25) is 9.69 Å². The molecule has 1 N–H and O–H groups in total. The van der Waals surface area contributed by atoms with Gasteiger partial charge < -0.3 is 9.88 Å². The van der Waals surface area contributed by atoms with Crippen LogP contribution < -0.4 is 5.32 Å². The van der Waals surface area contributed by atoms with Crippen molar-refractivity contribution in [3.8, 4) is 0 Å². The van der Waals surface area contributed by atoms with Crippen LogP contribution in [0.2, 0.25) is 5.02 Å². The van der Waals surface area contributed by atoms with Crippen molar-refractivity contribution in [3.63, 3.8) is 0 Å². The molecule has 1 unspecified atom stereocenters. The standard InChI is InChI=1S/C18H21ClFN3O/c1-21-18(24)8-14-10-22(12-15-3-2-6-23(15)11-14)9-13-4-5-16(19)17(20)7-13/h2-7,14H,8-12H2,1H3,(H,21,24). The number of hydrogen-bond acceptors (Lipinski definition) is 2. The number of fused-ring (bicyclic) bond motifs is 1. The lowest BCUT2D eigenvalue weighted by atomic mass is 10.0. The van der Waals surface area contributed by atoms with Crippen LogP contribution in [0.3, 0.4) is 0 Å². The topological polar surface area (TPSA) is 37.3 Å². The summed E-state index contributed by atoms with van der Waals surface area (Å²) in [5, 5.41) is 2.84. The van der Waals surface area contributed by atoms with Gasteiger partial charge in [0.1, 0.15) is 5.82 Å². The molecule has 4 nitrogen and oxygen atoms in total. The quantitative estimate of drug-likeness (QED) is 0.921. The Morgan fingerprint density at radius 1 is 1.38 bits per heavy atom. The van der Waals surface area contributed by atoms with Crippen molar-refractivity contribution in [1.29, 1.82) is 0 Å². The van der Waals surface area contributed by atoms with Crippen LogP contribution in [0.4, 0.5) is 4.39 Å². The summed E-state index contributed by atoms with van der Waals surface area (Å²) in [6.07, 6.45) is 2.54. The van der Waals surface area contributed by atoms with E-state index >= 15 is 0 Å². The second kappa shape index (κ2) is 7.36. The van der Waals surface area contributed by atoms with Crippen LogP contribution in [-0.4, -0.2) is 29.0 Å². The first-order valence-electron chi connectivity index (χ1n) is 8.06. The largest absolute Gasteiger partial charge is 0.359 e. The number of carbonyl (C=O) groups excluding carboxylic acids is 1. The SMILES string of the molecule is CNC(=O)CC1CN(Cc2ccc(Cl)c(F)c2)Cc2cccn2C1. The highest BCUT2D eigenvalue weighted by Crippen LogP contribution is 2.22. The Morgan fingerprint density at radius 3 is 2.96 bits per heavy atom. The van der Waals surface area contributed by atoms with E-state index in [0.717, 1.165) is 25.2 Å². The monoisotopic (exact) mass is 349 g/mol. The number of rotatable bonds is 4. The van der Waals surface area contributed by atoms with Gasteiger partial charge in [0.2, 0.25) is 5.91 Å². The molecule has 1 aliphatic rings. The van der Waals surface area contributed by atoms with Gasteiger partial charge in [-0.1, -0.05) is 17.7 Å². The van der Waals surface area contributed by atoms with E-state index in [9.17, 15) is 9.18 Å². The molecule has 128 valence electrons. The number of carbonyl (C=O) groups is 1. The number of benzene rings is 1. The molecule has 0 bridgehead atoms. The Morgan fingerprint density at radius 2 is 2.21 bits per heavy atom. The number of hydrogen-bond donors (Lipinski definition) is 1. The summed E-state index contributed by atoms with van der Waals surface area (Å²) in [4.78, 5) is 14.0. The molecule has 1 atom stereocenters. The van der Waals surface area contributed by atoms with Crippen molar-refractivity contribution in [1.82, 2.24) is 14.8 Å². The maximum atomic E-state index is 13.7. The van der Waals surface area contributed by atoms with Gasteiger partial charge in [-0.2, -0.15) is 0 Å². The van der Waals surface area contributed by atoms with Crippen molar-refractivity contribution in [2.24, 2.45) is 5.92 Å². The average molecular weight is 350 g/mol. The minimum atomic E-state index is -0.394. The molecule has 3 rings (SSSR count). The summed E-state index contributed by atoms with van der Waals surface area (Å²) in [5.74, 6) is -0.127. The van der Waals surface area contributed by atoms with Crippen LogP contribution >= 0.6 is 11.6 Å². The first-order chi connectivity index (χ1) is 11.5. The molecule has 24 heavy (non-hydrogen) atoms. The summed E-state index contributed by atoms with van der Waals surface area (Å²) >= 11 is 5.76. The number of amides is 1. The highest BCUT2D eigenvalue weighted by atomic mass is 35.5. The normalized spacial score (nSPS) is 18.0. The number of nitrogens with zero attached hydrogens (tertiary/aromatic N) is 2. The zero-order valence-corrected chi connectivity index (χ0v) is 14.4. The van der Waals surface area contributed by atoms with Crippen molar-refractivity contribution < 1.29 is 9.18 Å².